The molecule has 1 rings (SSSR count). The Morgan fingerprint density at radius 2 is 2.17 bits per heavy atom. The van der Waals surface area contributed by atoms with Crippen molar-refractivity contribution >= 4 is 33.4 Å². The summed E-state index contributed by atoms with van der Waals surface area (Å²) in [5.41, 5.74) is 0.767. The van der Waals surface area contributed by atoms with E-state index in [0.717, 1.165) is 19.4 Å². The van der Waals surface area contributed by atoms with Gasteiger partial charge in [-0.15, -0.1) is 0 Å². The molecule has 0 radical (unpaired) electrons. The summed E-state index contributed by atoms with van der Waals surface area (Å²) in [6.07, 6.45) is 5.47. The second-order valence-corrected chi connectivity index (χ2v) is 5.66. The van der Waals surface area contributed by atoms with Crippen LogP contribution in [-0.4, -0.2) is 18.6 Å². The highest BCUT2D eigenvalue weighted by atomic mass is 79.9. The Kier molecular flexibility index (Phi) is 7.14. The van der Waals surface area contributed by atoms with E-state index in [4.69, 9.17) is 5.26 Å². The maximum absolute atomic E-state index is 13.8. The molecule has 0 aliphatic heterocycles. The van der Waals surface area contributed by atoms with Crippen LogP contribution in [0.5, 0.6) is 0 Å². The number of unbranched alkanes of at least 4 members (excludes halogenated alkanes) is 2. The summed E-state index contributed by atoms with van der Waals surface area (Å²) in [6, 6.07) is 5.16. The lowest BCUT2D eigenvalue weighted by Gasteiger charge is -2.09. The average molecular weight is 331 g/mol. The van der Waals surface area contributed by atoms with E-state index in [2.05, 4.69) is 27.5 Å². The zero-order valence-electron chi connectivity index (χ0n) is 10.3. The molecule has 0 atom stereocenters. The van der Waals surface area contributed by atoms with E-state index in [0.29, 0.717) is 11.3 Å². The number of benzene rings is 1. The number of nitriles is 1. The van der Waals surface area contributed by atoms with Gasteiger partial charge in [0.05, 0.1) is 15.7 Å². The maximum atomic E-state index is 13.8. The predicted octanol–water partition coefficient (Wildman–Crippen LogP) is 4.41. The standard InChI is InChI=1S/C13H16BrFN2S/c1-18-8-4-2-3-7-17-11-6-5-10(9-16)12(14)13(11)15/h5-6,17H,2-4,7-8H2,1H3. The Bertz CT molecular complexity index is 432. The SMILES string of the molecule is CSCCCCCNc1ccc(C#N)c(Br)c1F. The van der Waals surface area contributed by atoms with Gasteiger partial charge in [-0.2, -0.15) is 17.0 Å². The summed E-state index contributed by atoms with van der Waals surface area (Å²) in [5, 5.41) is 11.8. The lowest BCUT2D eigenvalue weighted by atomic mass is 10.2. The number of rotatable bonds is 7. The normalized spacial score (nSPS) is 10.1. The lowest BCUT2D eigenvalue weighted by Crippen LogP contribution is -2.04. The molecular weight excluding hydrogens is 315 g/mol. The van der Waals surface area contributed by atoms with Crippen LogP contribution in [-0.2, 0) is 0 Å². The van der Waals surface area contributed by atoms with Crippen molar-refractivity contribution in [2.45, 2.75) is 19.3 Å². The van der Waals surface area contributed by atoms with E-state index in [1.165, 1.54) is 12.2 Å². The Balaban J connectivity index is 2.44. The van der Waals surface area contributed by atoms with Gasteiger partial charge < -0.3 is 5.32 Å². The van der Waals surface area contributed by atoms with E-state index < -0.39 is 5.82 Å². The zero-order valence-corrected chi connectivity index (χ0v) is 12.7. The minimum atomic E-state index is -0.391. The molecule has 0 spiro atoms. The predicted molar refractivity (Wildman–Crippen MR) is 79.5 cm³/mol. The fourth-order valence-electron chi connectivity index (χ4n) is 1.54. The fourth-order valence-corrected chi connectivity index (χ4v) is 2.47. The molecule has 18 heavy (non-hydrogen) atoms. The first-order valence-corrected chi connectivity index (χ1v) is 8.00. The monoisotopic (exact) mass is 330 g/mol. The summed E-state index contributed by atoms with van der Waals surface area (Å²) in [4.78, 5) is 0. The minimum Gasteiger partial charge on any atom is -0.383 e. The first-order valence-electron chi connectivity index (χ1n) is 5.81. The summed E-state index contributed by atoms with van der Waals surface area (Å²) < 4.78 is 14.0. The van der Waals surface area contributed by atoms with Gasteiger partial charge in [-0.25, -0.2) is 4.39 Å². The molecule has 1 aromatic carbocycles. The molecule has 0 amide bonds. The molecule has 1 N–H and O–H groups in total. The zero-order chi connectivity index (χ0) is 13.4. The molecule has 0 saturated carbocycles. The first-order chi connectivity index (χ1) is 8.70. The van der Waals surface area contributed by atoms with Crippen LogP contribution < -0.4 is 5.32 Å². The van der Waals surface area contributed by atoms with E-state index in [1.54, 1.807) is 12.1 Å². The number of halogens is 2. The third kappa shape index (κ3) is 4.51. The van der Waals surface area contributed by atoms with Crippen LogP contribution in [0.2, 0.25) is 0 Å². The highest BCUT2D eigenvalue weighted by Crippen LogP contribution is 2.26. The van der Waals surface area contributed by atoms with Crippen LogP contribution in [0.1, 0.15) is 24.8 Å². The quantitative estimate of drug-likeness (QED) is 0.752. The van der Waals surface area contributed by atoms with E-state index in [9.17, 15) is 4.39 Å². The smallest absolute Gasteiger partial charge is 0.161 e. The van der Waals surface area contributed by atoms with E-state index >= 15 is 0 Å². The topological polar surface area (TPSA) is 35.8 Å². The molecule has 0 aliphatic carbocycles. The third-order valence-corrected chi connectivity index (χ3v) is 4.02. The molecule has 0 bridgehead atoms. The van der Waals surface area contributed by atoms with Crippen LogP contribution >= 0.6 is 27.7 Å². The van der Waals surface area contributed by atoms with Crippen molar-refractivity contribution in [1.82, 2.24) is 0 Å². The maximum Gasteiger partial charge on any atom is 0.161 e. The van der Waals surface area contributed by atoms with Gasteiger partial charge in [0, 0.05) is 6.54 Å². The van der Waals surface area contributed by atoms with Crippen LogP contribution in [0, 0.1) is 17.1 Å². The molecular formula is C13H16BrFN2S. The number of nitrogens with zero attached hydrogens (tertiary/aromatic N) is 1. The van der Waals surface area contributed by atoms with E-state index in [1.807, 2.05) is 17.8 Å². The van der Waals surface area contributed by atoms with Crippen molar-refractivity contribution in [2.24, 2.45) is 0 Å². The highest BCUT2D eigenvalue weighted by molar-refractivity contribution is 9.10. The largest absolute Gasteiger partial charge is 0.383 e. The van der Waals surface area contributed by atoms with Crippen molar-refractivity contribution in [3.05, 3.63) is 28.0 Å². The molecule has 5 heteroatoms. The van der Waals surface area contributed by atoms with Gasteiger partial charge in [0.15, 0.2) is 5.82 Å². The molecule has 0 fully saturated rings. The van der Waals surface area contributed by atoms with Gasteiger partial charge in [0.1, 0.15) is 6.07 Å². The Morgan fingerprint density at radius 1 is 1.39 bits per heavy atom. The first kappa shape index (κ1) is 15.3. The Morgan fingerprint density at radius 3 is 2.83 bits per heavy atom. The molecule has 98 valence electrons. The summed E-state index contributed by atoms with van der Waals surface area (Å²) in [5.74, 6) is 0.787. The fraction of sp³-hybridized carbons (Fsp3) is 0.462. The molecule has 0 unspecified atom stereocenters. The van der Waals surface area contributed by atoms with E-state index in [-0.39, 0.29) is 4.47 Å². The van der Waals surface area contributed by atoms with Gasteiger partial charge in [-0.3, -0.25) is 0 Å². The van der Waals surface area contributed by atoms with Crippen LogP contribution in [0.15, 0.2) is 16.6 Å². The second kappa shape index (κ2) is 8.39. The molecule has 1 aromatic rings. The summed E-state index contributed by atoms with van der Waals surface area (Å²) in [7, 11) is 0. The Labute approximate surface area is 120 Å². The minimum absolute atomic E-state index is 0.234. The van der Waals surface area contributed by atoms with Crippen molar-refractivity contribution in [1.29, 1.82) is 5.26 Å². The van der Waals surface area contributed by atoms with Gasteiger partial charge in [0.2, 0.25) is 0 Å². The van der Waals surface area contributed by atoms with Gasteiger partial charge >= 0.3 is 0 Å². The Hall–Kier alpha value is -0.730. The van der Waals surface area contributed by atoms with Crippen LogP contribution in [0.3, 0.4) is 0 Å². The van der Waals surface area contributed by atoms with Crippen molar-refractivity contribution in [3.63, 3.8) is 0 Å². The summed E-state index contributed by atoms with van der Waals surface area (Å²) in [6.45, 7) is 0.754. The third-order valence-electron chi connectivity index (χ3n) is 2.54. The van der Waals surface area contributed by atoms with Crippen LogP contribution in [0.25, 0.3) is 0 Å². The number of hydrogen-bond acceptors (Lipinski definition) is 3. The molecule has 0 heterocycles. The van der Waals surface area contributed by atoms with Gasteiger partial charge in [-0.1, -0.05) is 6.42 Å². The molecule has 0 aliphatic rings. The number of hydrogen-bond donors (Lipinski definition) is 1. The lowest BCUT2D eigenvalue weighted by molar-refractivity contribution is 0.621. The second-order valence-electron chi connectivity index (χ2n) is 3.88. The summed E-state index contributed by atoms with van der Waals surface area (Å²) >= 11 is 4.94. The number of thioether (sulfide) groups is 1. The molecule has 2 nitrogen and oxygen atoms in total. The van der Waals surface area contributed by atoms with Crippen LogP contribution in [0.4, 0.5) is 10.1 Å². The van der Waals surface area contributed by atoms with Crippen molar-refractivity contribution in [2.75, 3.05) is 23.9 Å². The van der Waals surface area contributed by atoms with Gasteiger partial charge in [-0.05, 0) is 52.9 Å². The van der Waals surface area contributed by atoms with Crippen molar-refractivity contribution < 1.29 is 4.39 Å². The number of anilines is 1. The molecule has 0 saturated heterocycles. The number of nitrogens with one attached hydrogen (secondary N) is 1. The average Bonchev–Trinajstić information content (AvgIpc) is 2.38. The van der Waals surface area contributed by atoms with Gasteiger partial charge in [0.25, 0.3) is 0 Å². The van der Waals surface area contributed by atoms with Crippen molar-refractivity contribution in [3.8, 4) is 6.07 Å². The molecule has 0 aromatic heterocycles. The highest BCUT2D eigenvalue weighted by Gasteiger charge is 2.10.